The standard InChI is InChI=1S/C33H42BFN2O/c1-21(2)27-11-9-12-28(22(3)4)31(27)36-19-20-37(34(36)33(38)25-15-17-26(35)18-16-25)32-29(23(5)6)13-10-14-30(32)24(7)8/h9-24,33,38H,1-8H3/t33-/m1/s1. The van der Waals surface area contributed by atoms with Crippen molar-refractivity contribution in [2.24, 2.45) is 0 Å². The molecule has 200 valence electrons. The molecule has 0 radical (unpaired) electrons. The Morgan fingerprint density at radius 2 is 0.921 bits per heavy atom. The molecule has 0 amide bonds. The van der Waals surface area contributed by atoms with Crippen LogP contribution in [0, 0.1) is 5.82 Å². The lowest BCUT2D eigenvalue weighted by Gasteiger charge is -2.38. The van der Waals surface area contributed by atoms with Crippen LogP contribution >= 0.6 is 0 Å². The molecule has 0 aliphatic carbocycles. The van der Waals surface area contributed by atoms with Gasteiger partial charge in [0, 0.05) is 23.8 Å². The Hall–Kier alpha value is -3.05. The second kappa shape index (κ2) is 11.4. The summed E-state index contributed by atoms with van der Waals surface area (Å²) < 4.78 is 13.9. The highest BCUT2D eigenvalue weighted by atomic mass is 19.1. The van der Waals surface area contributed by atoms with Gasteiger partial charge in [0.15, 0.2) is 0 Å². The molecule has 3 nitrogen and oxygen atoms in total. The molecule has 1 atom stereocenters. The summed E-state index contributed by atoms with van der Waals surface area (Å²) >= 11 is 0. The fraction of sp³-hybridized carbons (Fsp3) is 0.394. The highest BCUT2D eigenvalue weighted by Crippen LogP contribution is 2.44. The first-order valence-corrected chi connectivity index (χ1v) is 14.0. The lowest BCUT2D eigenvalue weighted by atomic mass is 9.62. The van der Waals surface area contributed by atoms with Crippen LogP contribution in [0.1, 0.15) is 113 Å². The molecule has 3 aromatic rings. The van der Waals surface area contributed by atoms with E-state index in [0.717, 1.165) is 11.4 Å². The molecule has 1 N–H and O–H groups in total. The summed E-state index contributed by atoms with van der Waals surface area (Å²) in [4.78, 5) is 4.50. The van der Waals surface area contributed by atoms with E-state index in [2.05, 4.69) is 114 Å². The van der Waals surface area contributed by atoms with Crippen LogP contribution < -0.4 is 9.62 Å². The zero-order valence-electron chi connectivity index (χ0n) is 24.1. The highest BCUT2D eigenvalue weighted by molar-refractivity contribution is 6.70. The Kier molecular flexibility index (Phi) is 8.37. The predicted molar refractivity (Wildman–Crippen MR) is 160 cm³/mol. The minimum absolute atomic E-state index is 0.307. The van der Waals surface area contributed by atoms with E-state index in [-0.39, 0.29) is 5.82 Å². The van der Waals surface area contributed by atoms with Gasteiger partial charge in [-0.2, -0.15) is 0 Å². The molecule has 4 rings (SSSR count). The van der Waals surface area contributed by atoms with Crippen LogP contribution in [0.3, 0.4) is 0 Å². The smallest absolute Gasteiger partial charge is 0.392 e. The summed E-state index contributed by atoms with van der Waals surface area (Å²) in [7, 11) is 0. The minimum Gasteiger partial charge on any atom is -0.392 e. The maximum Gasteiger partial charge on any atom is 0.419 e. The lowest BCUT2D eigenvalue weighted by molar-refractivity contribution is 0.252. The Balaban J connectivity index is 1.98. The van der Waals surface area contributed by atoms with Crippen molar-refractivity contribution in [3.63, 3.8) is 0 Å². The Labute approximate surface area is 229 Å². The molecule has 1 heterocycles. The number of anilines is 2. The van der Waals surface area contributed by atoms with Gasteiger partial charge in [-0.05, 0) is 63.6 Å². The summed E-state index contributed by atoms with van der Waals surface area (Å²) in [5.74, 6) is 0.930. The third-order valence-corrected chi connectivity index (χ3v) is 7.65. The fourth-order valence-electron chi connectivity index (χ4n) is 5.62. The van der Waals surface area contributed by atoms with E-state index in [9.17, 15) is 9.50 Å². The van der Waals surface area contributed by atoms with Crippen LogP contribution in [0.4, 0.5) is 15.8 Å². The van der Waals surface area contributed by atoms with Gasteiger partial charge in [-0.25, -0.2) is 4.39 Å². The van der Waals surface area contributed by atoms with Gasteiger partial charge in [0.25, 0.3) is 0 Å². The number of hydrogen-bond acceptors (Lipinski definition) is 3. The first-order valence-electron chi connectivity index (χ1n) is 14.0. The molecule has 3 aromatic carbocycles. The lowest BCUT2D eigenvalue weighted by Crippen LogP contribution is -2.50. The number of para-hydroxylation sites is 2. The SMILES string of the molecule is CC(C)c1cccc(C(C)C)c1N1C=CN(c2c(C(C)C)cccc2C(C)C)B1[C@H](O)c1ccc(F)cc1. The number of rotatable bonds is 8. The van der Waals surface area contributed by atoms with E-state index in [4.69, 9.17) is 0 Å². The molecule has 1 aliphatic heterocycles. The van der Waals surface area contributed by atoms with Gasteiger partial charge in [-0.1, -0.05) is 104 Å². The van der Waals surface area contributed by atoms with Crippen molar-refractivity contribution in [2.45, 2.75) is 85.1 Å². The van der Waals surface area contributed by atoms with Crippen molar-refractivity contribution in [3.8, 4) is 0 Å². The molecule has 0 bridgehead atoms. The quantitative estimate of drug-likeness (QED) is 0.305. The number of benzene rings is 3. The van der Waals surface area contributed by atoms with Crippen LogP contribution in [-0.2, 0) is 0 Å². The van der Waals surface area contributed by atoms with Gasteiger partial charge in [0.1, 0.15) is 11.8 Å². The van der Waals surface area contributed by atoms with Crippen molar-refractivity contribution >= 4 is 18.4 Å². The topological polar surface area (TPSA) is 26.7 Å². The van der Waals surface area contributed by atoms with E-state index in [1.54, 1.807) is 12.1 Å². The van der Waals surface area contributed by atoms with Crippen LogP contribution in [0.2, 0.25) is 0 Å². The molecule has 1 aliphatic rings. The van der Waals surface area contributed by atoms with Crippen molar-refractivity contribution in [2.75, 3.05) is 9.62 Å². The van der Waals surface area contributed by atoms with Crippen molar-refractivity contribution in [1.29, 1.82) is 0 Å². The average Bonchev–Trinajstić information content (AvgIpc) is 3.32. The molecule has 0 saturated heterocycles. The van der Waals surface area contributed by atoms with Crippen LogP contribution in [0.15, 0.2) is 73.1 Å². The van der Waals surface area contributed by atoms with Gasteiger partial charge >= 0.3 is 6.98 Å². The molecular weight excluding hydrogens is 470 g/mol. The average molecular weight is 513 g/mol. The van der Waals surface area contributed by atoms with Crippen molar-refractivity contribution in [3.05, 3.63) is 107 Å². The largest absolute Gasteiger partial charge is 0.419 e. The normalized spacial score (nSPS) is 14.6. The zero-order valence-corrected chi connectivity index (χ0v) is 24.1. The third-order valence-electron chi connectivity index (χ3n) is 7.65. The summed E-state index contributed by atoms with van der Waals surface area (Å²) in [6.07, 6.45) is 4.23. The van der Waals surface area contributed by atoms with Gasteiger partial charge in [0.2, 0.25) is 0 Å². The third kappa shape index (κ3) is 5.26. The first kappa shape index (κ1) is 28.0. The molecule has 0 fully saturated rings. The number of aliphatic hydroxyl groups is 1. The number of hydrogen-bond donors (Lipinski definition) is 1. The van der Waals surface area contributed by atoms with Crippen LogP contribution in [0.5, 0.6) is 0 Å². The molecule has 0 aromatic heterocycles. The maximum atomic E-state index is 13.9. The monoisotopic (exact) mass is 512 g/mol. The van der Waals surface area contributed by atoms with Gasteiger partial charge in [-0.15, -0.1) is 0 Å². The second-order valence-electron chi connectivity index (χ2n) is 11.7. The zero-order chi connectivity index (χ0) is 27.7. The van der Waals surface area contributed by atoms with E-state index in [1.165, 1.54) is 34.4 Å². The summed E-state index contributed by atoms with van der Waals surface area (Å²) in [6.45, 7) is 17.3. The van der Waals surface area contributed by atoms with Gasteiger partial charge < -0.3 is 14.7 Å². The summed E-state index contributed by atoms with van der Waals surface area (Å²) in [6, 6.07) is 18.5. The highest BCUT2D eigenvalue weighted by Gasteiger charge is 2.44. The van der Waals surface area contributed by atoms with E-state index >= 15 is 0 Å². The van der Waals surface area contributed by atoms with Crippen molar-refractivity contribution in [1.82, 2.24) is 0 Å². The van der Waals surface area contributed by atoms with E-state index in [0.29, 0.717) is 29.2 Å². The molecule has 0 saturated carbocycles. The van der Waals surface area contributed by atoms with E-state index in [1.807, 2.05) is 0 Å². The summed E-state index contributed by atoms with van der Waals surface area (Å²) in [5.41, 5.74) is 7.99. The van der Waals surface area contributed by atoms with Gasteiger partial charge in [0.05, 0.1) is 0 Å². The molecule has 5 heteroatoms. The number of nitrogens with zero attached hydrogens (tertiary/aromatic N) is 2. The Morgan fingerprint density at radius 1 is 0.579 bits per heavy atom. The first-order chi connectivity index (χ1) is 18.0. The molecular formula is C33H42BFN2O. The second-order valence-corrected chi connectivity index (χ2v) is 11.7. The molecule has 0 unspecified atom stereocenters. The minimum atomic E-state index is -0.883. The molecule has 38 heavy (non-hydrogen) atoms. The Morgan fingerprint density at radius 3 is 1.24 bits per heavy atom. The Bertz CT molecular complexity index is 1160. The molecule has 0 spiro atoms. The fourth-order valence-corrected chi connectivity index (χ4v) is 5.62. The number of aliphatic hydroxyl groups excluding tert-OH is 1. The van der Waals surface area contributed by atoms with Gasteiger partial charge in [-0.3, -0.25) is 0 Å². The van der Waals surface area contributed by atoms with E-state index < -0.39 is 13.0 Å². The summed E-state index contributed by atoms with van der Waals surface area (Å²) in [5, 5.41) is 12.0. The predicted octanol–water partition coefficient (Wildman–Crippen LogP) is 8.88. The number of halogens is 1. The van der Waals surface area contributed by atoms with Crippen molar-refractivity contribution < 1.29 is 9.50 Å². The van der Waals surface area contributed by atoms with Crippen LogP contribution in [0.25, 0.3) is 0 Å². The maximum absolute atomic E-state index is 13.9. The van der Waals surface area contributed by atoms with Crippen LogP contribution in [-0.4, -0.2) is 12.1 Å².